The molecule has 0 aliphatic heterocycles. The van der Waals surface area contributed by atoms with Gasteiger partial charge in [-0.3, -0.25) is 0 Å². The standard InChI is InChI=1S/C28H37BFN/c1-7-9-10-11-13-21(5)28-26(20(4)12-8-2)14-19(3)15-27(28)22(6)31-25-17-23(29)16-24(30)18-25/h8,12,14-18,21-22,31H,4,7,9-11,13H2,1-3,5-6H3/b12-8-. The fourth-order valence-electron chi connectivity index (χ4n) is 4.34. The number of halogens is 1. The lowest BCUT2D eigenvalue weighted by atomic mass is 9.82. The van der Waals surface area contributed by atoms with Crippen LogP contribution in [0.4, 0.5) is 10.1 Å². The quantitative estimate of drug-likeness (QED) is 0.224. The van der Waals surface area contributed by atoms with Gasteiger partial charge >= 0.3 is 0 Å². The number of aryl methyl sites for hydroxylation is 1. The highest BCUT2D eigenvalue weighted by atomic mass is 19.1. The highest BCUT2D eigenvalue weighted by Crippen LogP contribution is 2.37. The van der Waals surface area contributed by atoms with Crippen LogP contribution in [-0.4, -0.2) is 7.85 Å². The van der Waals surface area contributed by atoms with Crippen molar-refractivity contribution >= 4 is 24.6 Å². The van der Waals surface area contributed by atoms with Crippen LogP contribution < -0.4 is 10.8 Å². The number of rotatable bonds is 11. The van der Waals surface area contributed by atoms with E-state index in [2.05, 4.69) is 57.8 Å². The summed E-state index contributed by atoms with van der Waals surface area (Å²) in [6.45, 7) is 15.2. The number of hydrogen-bond donors (Lipinski definition) is 1. The lowest BCUT2D eigenvalue weighted by molar-refractivity contribution is 0.575. The van der Waals surface area contributed by atoms with Gasteiger partial charge in [0, 0.05) is 11.7 Å². The molecular formula is C28H37BFN. The SMILES string of the molecule is [B]c1cc(F)cc(NC(C)c2cc(C)cc(C(=C)/C=C\C)c2C(C)CCCCCC)c1. The Morgan fingerprint density at radius 2 is 1.87 bits per heavy atom. The predicted octanol–water partition coefficient (Wildman–Crippen LogP) is 7.76. The minimum atomic E-state index is -0.328. The molecule has 0 amide bonds. The summed E-state index contributed by atoms with van der Waals surface area (Å²) >= 11 is 0. The molecule has 0 saturated carbocycles. The molecule has 0 aromatic heterocycles. The van der Waals surface area contributed by atoms with Gasteiger partial charge in [0.25, 0.3) is 0 Å². The fourth-order valence-corrected chi connectivity index (χ4v) is 4.34. The first-order valence-electron chi connectivity index (χ1n) is 11.6. The summed E-state index contributed by atoms with van der Waals surface area (Å²) in [5.41, 5.74) is 7.15. The molecule has 2 unspecified atom stereocenters. The van der Waals surface area contributed by atoms with Crippen LogP contribution in [0.1, 0.15) is 94.0 Å². The Bertz CT molecular complexity index is 895. The van der Waals surface area contributed by atoms with Crippen LogP contribution in [0.5, 0.6) is 0 Å². The Balaban J connectivity index is 2.46. The topological polar surface area (TPSA) is 12.0 Å². The summed E-state index contributed by atoms with van der Waals surface area (Å²) in [5.74, 6) is 0.0805. The number of allylic oxidation sites excluding steroid dienone is 3. The van der Waals surface area contributed by atoms with Crippen molar-refractivity contribution in [3.8, 4) is 0 Å². The van der Waals surface area contributed by atoms with Crippen LogP contribution in [0.15, 0.2) is 49.1 Å². The largest absolute Gasteiger partial charge is 0.378 e. The zero-order chi connectivity index (χ0) is 23.0. The molecule has 1 N–H and O–H groups in total. The Morgan fingerprint density at radius 3 is 2.52 bits per heavy atom. The summed E-state index contributed by atoms with van der Waals surface area (Å²) in [4.78, 5) is 0. The van der Waals surface area contributed by atoms with Gasteiger partial charge in [-0.05, 0) is 73.6 Å². The Kier molecular flexibility index (Phi) is 9.61. The van der Waals surface area contributed by atoms with Gasteiger partial charge in [-0.2, -0.15) is 0 Å². The first-order valence-corrected chi connectivity index (χ1v) is 11.6. The third-order valence-corrected chi connectivity index (χ3v) is 5.82. The summed E-state index contributed by atoms with van der Waals surface area (Å²) in [6, 6.07) is 9.12. The second-order valence-electron chi connectivity index (χ2n) is 8.73. The average molecular weight is 417 g/mol. The molecule has 2 aromatic rings. The van der Waals surface area contributed by atoms with Gasteiger partial charge in [-0.25, -0.2) is 4.39 Å². The first kappa shape index (κ1) is 25.0. The van der Waals surface area contributed by atoms with E-state index in [9.17, 15) is 4.39 Å². The molecule has 31 heavy (non-hydrogen) atoms. The van der Waals surface area contributed by atoms with E-state index in [4.69, 9.17) is 7.85 Å². The van der Waals surface area contributed by atoms with E-state index in [1.807, 2.05) is 13.0 Å². The van der Waals surface area contributed by atoms with E-state index in [0.29, 0.717) is 17.1 Å². The molecule has 0 aliphatic rings. The Labute approximate surface area is 190 Å². The van der Waals surface area contributed by atoms with Gasteiger partial charge < -0.3 is 5.32 Å². The van der Waals surface area contributed by atoms with Crippen LogP contribution in [0.3, 0.4) is 0 Å². The van der Waals surface area contributed by atoms with Crippen molar-refractivity contribution in [3.05, 3.63) is 77.1 Å². The van der Waals surface area contributed by atoms with Gasteiger partial charge in [-0.1, -0.05) is 81.4 Å². The maximum Gasteiger partial charge on any atom is 0.124 e. The highest BCUT2D eigenvalue weighted by Gasteiger charge is 2.21. The van der Waals surface area contributed by atoms with Crippen LogP contribution in [0.25, 0.3) is 5.57 Å². The molecule has 2 aromatic carbocycles. The maximum absolute atomic E-state index is 13.9. The summed E-state index contributed by atoms with van der Waals surface area (Å²) in [7, 11) is 5.85. The monoisotopic (exact) mass is 417 g/mol. The molecule has 164 valence electrons. The summed E-state index contributed by atoms with van der Waals surface area (Å²) in [6.07, 6.45) is 10.3. The molecular weight excluding hydrogens is 380 g/mol. The normalized spacial score (nSPS) is 13.4. The van der Waals surface area contributed by atoms with Gasteiger partial charge in [0.1, 0.15) is 13.7 Å². The number of unbranched alkanes of at least 4 members (excludes halogenated alkanes) is 3. The molecule has 0 heterocycles. The number of hydrogen-bond acceptors (Lipinski definition) is 1. The molecule has 0 bridgehead atoms. The van der Waals surface area contributed by atoms with E-state index >= 15 is 0 Å². The van der Waals surface area contributed by atoms with E-state index in [-0.39, 0.29) is 11.9 Å². The lowest BCUT2D eigenvalue weighted by Gasteiger charge is -2.27. The minimum Gasteiger partial charge on any atom is -0.378 e. The van der Waals surface area contributed by atoms with Crippen LogP contribution in [0, 0.1) is 12.7 Å². The van der Waals surface area contributed by atoms with Crippen LogP contribution in [-0.2, 0) is 0 Å². The van der Waals surface area contributed by atoms with Gasteiger partial charge in [0.15, 0.2) is 0 Å². The van der Waals surface area contributed by atoms with Crippen molar-refractivity contribution in [1.29, 1.82) is 0 Å². The van der Waals surface area contributed by atoms with Gasteiger partial charge in [-0.15, -0.1) is 0 Å². The van der Waals surface area contributed by atoms with Crippen molar-refractivity contribution in [2.45, 2.75) is 78.7 Å². The zero-order valence-electron chi connectivity index (χ0n) is 19.9. The van der Waals surface area contributed by atoms with Crippen LogP contribution in [0.2, 0.25) is 0 Å². The molecule has 0 fully saturated rings. The molecule has 2 radical (unpaired) electrons. The van der Waals surface area contributed by atoms with Crippen LogP contribution >= 0.6 is 0 Å². The highest BCUT2D eigenvalue weighted by molar-refractivity contribution is 6.32. The third-order valence-electron chi connectivity index (χ3n) is 5.82. The Morgan fingerprint density at radius 1 is 1.13 bits per heavy atom. The van der Waals surface area contributed by atoms with E-state index in [1.165, 1.54) is 60.1 Å². The van der Waals surface area contributed by atoms with E-state index in [1.54, 1.807) is 6.07 Å². The molecule has 3 heteroatoms. The molecule has 2 atom stereocenters. The maximum atomic E-state index is 13.9. The second kappa shape index (κ2) is 11.9. The molecule has 1 nitrogen and oxygen atoms in total. The summed E-state index contributed by atoms with van der Waals surface area (Å²) in [5, 5.41) is 3.47. The molecule has 2 rings (SSSR count). The number of nitrogens with one attached hydrogen (secondary N) is 1. The van der Waals surface area contributed by atoms with Crippen molar-refractivity contribution in [2.75, 3.05) is 5.32 Å². The van der Waals surface area contributed by atoms with E-state index < -0.39 is 0 Å². The van der Waals surface area contributed by atoms with Crippen molar-refractivity contribution < 1.29 is 4.39 Å². The second-order valence-corrected chi connectivity index (χ2v) is 8.73. The van der Waals surface area contributed by atoms with Crippen molar-refractivity contribution in [2.24, 2.45) is 0 Å². The smallest absolute Gasteiger partial charge is 0.124 e. The zero-order valence-corrected chi connectivity index (χ0v) is 19.9. The fraction of sp³-hybridized carbons (Fsp3) is 0.429. The Hall–Kier alpha value is -2.29. The lowest BCUT2D eigenvalue weighted by Crippen LogP contribution is -2.15. The summed E-state index contributed by atoms with van der Waals surface area (Å²) < 4.78 is 13.9. The average Bonchev–Trinajstić information content (AvgIpc) is 2.69. The molecule has 0 saturated heterocycles. The molecule has 0 aliphatic carbocycles. The molecule has 0 spiro atoms. The van der Waals surface area contributed by atoms with E-state index in [0.717, 1.165) is 12.0 Å². The van der Waals surface area contributed by atoms with Crippen molar-refractivity contribution in [1.82, 2.24) is 0 Å². The minimum absolute atomic E-state index is 0.00588. The first-order chi connectivity index (χ1) is 14.8. The third kappa shape index (κ3) is 7.13. The van der Waals surface area contributed by atoms with Crippen molar-refractivity contribution in [3.63, 3.8) is 0 Å². The predicted molar refractivity (Wildman–Crippen MR) is 136 cm³/mol. The van der Waals surface area contributed by atoms with Gasteiger partial charge in [0.05, 0.1) is 0 Å². The van der Waals surface area contributed by atoms with Gasteiger partial charge in [0.2, 0.25) is 0 Å². The number of anilines is 1. The number of benzene rings is 2.